The molecule has 14 heavy (non-hydrogen) atoms. The number of nitrogens with one attached hydrogen (secondary N) is 2. The fraction of sp³-hybridized carbons (Fsp3) is 0.909. The van der Waals surface area contributed by atoms with E-state index in [9.17, 15) is 4.79 Å². The van der Waals surface area contributed by atoms with Crippen LogP contribution in [-0.2, 0) is 4.79 Å². The second kappa shape index (κ2) is 4.30. The third kappa shape index (κ3) is 2.98. The lowest BCUT2D eigenvalue weighted by molar-refractivity contribution is -0.122. The fourth-order valence-electron chi connectivity index (χ4n) is 1.74. The zero-order valence-corrected chi connectivity index (χ0v) is 8.88. The zero-order valence-electron chi connectivity index (χ0n) is 8.88. The Bertz CT molecular complexity index is 209. The second-order valence-electron chi connectivity index (χ2n) is 4.65. The van der Waals surface area contributed by atoms with Gasteiger partial charge in [0.2, 0.25) is 5.91 Å². The average molecular weight is 196 g/mol. The lowest BCUT2D eigenvalue weighted by Crippen LogP contribution is -2.37. The highest BCUT2D eigenvalue weighted by atomic mass is 16.2. The lowest BCUT2D eigenvalue weighted by Gasteiger charge is -2.12. The molecule has 3 heteroatoms. The molecule has 2 aliphatic carbocycles. The predicted octanol–water partition coefficient (Wildman–Crippen LogP) is 0.901. The molecule has 0 heterocycles. The Hall–Kier alpha value is -0.570. The molecule has 2 fully saturated rings. The van der Waals surface area contributed by atoms with E-state index in [0.29, 0.717) is 12.0 Å². The zero-order chi connectivity index (χ0) is 9.97. The SMILES string of the molecule is C[C@H](NCCNC(=O)C1CC1)C1CC1. The van der Waals surface area contributed by atoms with Gasteiger partial charge < -0.3 is 10.6 Å². The van der Waals surface area contributed by atoms with E-state index in [1.165, 1.54) is 12.8 Å². The molecular weight excluding hydrogens is 176 g/mol. The minimum absolute atomic E-state index is 0.255. The maximum atomic E-state index is 11.3. The van der Waals surface area contributed by atoms with E-state index in [4.69, 9.17) is 0 Å². The van der Waals surface area contributed by atoms with Gasteiger partial charge in [0, 0.05) is 25.0 Å². The second-order valence-corrected chi connectivity index (χ2v) is 4.65. The van der Waals surface area contributed by atoms with Gasteiger partial charge >= 0.3 is 0 Å². The normalized spacial score (nSPS) is 23.2. The molecule has 2 rings (SSSR count). The maximum absolute atomic E-state index is 11.3. The summed E-state index contributed by atoms with van der Waals surface area (Å²) >= 11 is 0. The smallest absolute Gasteiger partial charge is 0.223 e. The van der Waals surface area contributed by atoms with Crippen molar-refractivity contribution in [1.29, 1.82) is 0 Å². The molecule has 0 aromatic heterocycles. The van der Waals surface area contributed by atoms with Crippen LogP contribution < -0.4 is 10.6 Å². The molecule has 1 atom stereocenters. The minimum atomic E-state index is 0.255. The summed E-state index contributed by atoms with van der Waals surface area (Å²) < 4.78 is 0. The van der Waals surface area contributed by atoms with Crippen LogP contribution in [0, 0.1) is 11.8 Å². The quantitative estimate of drug-likeness (QED) is 0.620. The Labute approximate surface area is 85.6 Å². The molecule has 0 unspecified atom stereocenters. The molecule has 2 N–H and O–H groups in total. The van der Waals surface area contributed by atoms with Crippen molar-refractivity contribution in [3.05, 3.63) is 0 Å². The van der Waals surface area contributed by atoms with E-state index >= 15 is 0 Å². The monoisotopic (exact) mass is 196 g/mol. The number of hydrogen-bond donors (Lipinski definition) is 2. The predicted molar refractivity (Wildman–Crippen MR) is 55.9 cm³/mol. The van der Waals surface area contributed by atoms with Gasteiger partial charge in [0.25, 0.3) is 0 Å². The first kappa shape index (κ1) is 9.97. The van der Waals surface area contributed by atoms with Crippen LogP contribution in [0.1, 0.15) is 32.6 Å². The van der Waals surface area contributed by atoms with Crippen LogP contribution >= 0.6 is 0 Å². The highest BCUT2D eigenvalue weighted by Crippen LogP contribution is 2.32. The van der Waals surface area contributed by atoms with Gasteiger partial charge in [0.1, 0.15) is 0 Å². The summed E-state index contributed by atoms with van der Waals surface area (Å²) in [6, 6.07) is 0.632. The standard InChI is InChI=1S/C11H20N2O/c1-8(9-2-3-9)12-6-7-13-11(14)10-4-5-10/h8-10,12H,2-7H2,1H3,(H,13,14)/t8-/m0/s1. The first-order chi connectivity index (χ1) is 6.77. The van der Waals surface area contributed by atoms with Crippen LogP contribution in [0.5, 0.6) is 0 Å². The number of amides is 1. The summed E-state index contributed by atoms with van der Waals surface area (Å²) in [4.78, 5) is 11.3. The Morgan fingerprint density at radius 3 is 2.57 bits per heavy atom. The topological polar surface area (TPSA) is 41.1 Å². The largest absolute Gasteiger partial charge is 0.355 e. The first-order valence-corrected chi connectivity index (χ1v) is 5.78. The third-order valence-corrected chi connectivity index (χ3v) is 3.17. The van der Waals surface area contributed by atoms with Gasteiger partial charge in [0.05, 0.1) is 0 Å². The summed E-state index contributed by atoms with van der Waals surface area (Å²) in [6.07, 6.45) is 4.95. The molecule has 0 spiro atoms. The third-order valence-electron chi connectivity index (χ3n) is 3.17. The molecule has 0 aliphatic heterocycles. The Morgan fingerprint density at radius 1 is 1.29 bits per heavy atom. The van der Waals surface area contributed by atoms with Gasteiger partial charge in [0.15, 0.2) is 0 Å². The van der Waals surface area contributed by atoms with Gasteiger partial charge in [-0.25, -0.2) is 0 Å². The van der Waals surface area contributed by atoms with Crippen LogP contribution in [0.3, 0.4) is 0 Å². The van der Waals surface area contributed by atoms with E-state index in [2.05, 4.69) is 17.6 Å². The highest BCUT2D eigenvalue weighted by molar-refractivity contribution is 5.80. The van der Waals surface area contributed by atoms with Crippen molar-refractivity contribution >= 4 is 5.91 Å². The summed E-state index contributed by atoms with van der Waals surface area (Å²) in [5.41, 5.74) is 0. The van der Waals surface area contributed by atoms with Crippen molar-refractivity contribution in [2.45, 2.75) is 38.6 Å². The Balaban J connectivity index is 1.47. The van der Waals surface area contributed by atoms with E-state index in [1.54, 1.807) is 0 Å². The van der Waals surface area contributed by atoms with E-state index in [-0.39, 0.29) is 5.91 Å². The molecule has 2 saturated carbocycles. The van der Waals surface area contributed by atoms with Crippen molar-refractivity contribution in [1.82, 2.24) is 10.6 Å². The van der Waals surface area contributed by atoms with Crippen molar-refractivity contribution in [2.75, 3.05) is 13.1 Å². The molecular formula is C11H20N2O. The van der Waals surface area contributed by atoms with E-state index in [1.807, 2.05) is 0 Å². The minimum Gasteiger partial charge on any atom is -0.355 e. The number of hydrogen-bond acceptors (Lipinski definition) is 2. The van der Waals surface area contributed by atoms with Gasteiger partial charge in [-0.2, -0.15) is 0 Å². The van der Waals surface area contributed by atoms with E-state index < -0.39 is 0 Å². The number of carbonyl (C=O) groups excluding carboxylic acids is 1. The highest BCUT2D eigenvalue weighted by Gasteiger charge is 2.29. The van der Waals surface area contributed by atoms with Gasteiger partial charge in [-0.05, 0) is 38.5 Å². The average Bonchev–Trinajstić information content (AvgIpc) is 3.06. The number of carbonyl (C=O) groups is 1. The summed E-state index contributed by atoms with van der Waals surface area (Å²) in [5, 5.41) is 6.40. The molecule has 2 aliphatic rings. The van der Waals surface area contributed by atoms with E-state index in [0.717, 1.165) is 31.8 Å². The van der Waals surface area contributed by atoms with Crippen molar-refractivity contribution in [3.63, 3.8) is 0 Å². The maximum Gasteiger partial charge on any atom is 0.223 e. The molecule has 0 aromatic carbocycles. The van der Waals surface area contributed by atoms with Crippen LogP contribution in [0.2, 0.25) is 0 Å². The van der Waals surface area contributed by atoms with Crippen molar-refractivity contribution in [3.8, 4) is 0 Å². The van der Waals surface area contributed by atoms with Gasteiger partial charge in [-0.3, -0.25) is 4.79 Å². The Kier molecular flexibility index (Phi) is 3.06. The lowest BCUT2D eigenvalue weighted by atomic mass is 10.2. The summed E-state index contributed by atoms with van der Waals surface area (Å²) in [7, 11) is 0. The van der Waals surface area contributed by atoms with Gasteiger partial charge in [-0.15, -0.1) is 0 Å². The van der Waals surface area contributed by atoms with Crippen molar-refractivity contribution in [2.24, 2.45) is 11.8 Å². The molecule has 0 bridgehead atoms. The fourth-order valence-corrected chi connectivity index (χ4v) is 1.74. The van der Waals surface area contributed by atoms with Crippen LogP contribution in [0.25, 0.3) is 0 Å². The van der Waals surface area contributed by atoms with Gasteiger partial charge in [-0.1, -0.05) is 0 Å². The first-order valence-electron chi connectivity index (χ1n) is 5.78. The van der Waals surface area contributed by atoms with Crippen molar-refractivity contribution < 1.29 is 4.79 Å². The van der Waals surface area contributed by atoms with Crippen LogP contribution in [-0.4, -0.2) is 25.0 Å². The molecule has 0 saturated heterocycles. The summed E-state index contributed by atoms with van der Waals surface area (Å²) in [6.45, 7) is 3.93. The molecule has 80 valence electrons. The Morgan fingerprint density at radius 2 is 2.00 bits per heavy atom. The molecule has 0 aromatic rings. The molecule has 3 nitrogen and oxygen atoms in total. The number of rotatable bonds is 6. The molecule has 1 amide bonds. The summed E-state index contributed by atoms with van der Waals surface area (Å²) in [5.74, 6) is 1.50. The molecule has 0 radical (unpaired) electrons. The van der Waals surface area contributed by atoms with Crippen LogP contribution in [0.15, 0.2) is 0 Å². The van der Waals surface area contributed by atoms with Crippen LogP contribution in [0.4, 0.5) is 0 Å².